The lowest BCUT2D eigenvalue weighted by molar-refractivity contribution is 0.502. The molecule has 1 aromatic rings. The van der Waals surface area contributed by atoms with E-state index in [1.807, 2.05) is 0 Å². The molecule has 3 fully saturated rings. The lowest BCUT2D eigenvalue weighted by Gasteiger charge is -2.24. The van der Waals surface area contributed by atoms with Crippen molar-refractivity contribution in [2.75, 3.05) is 18.0 Å². The molecular weight excluding hydrogens is 222 g/mol. The number of anilines is 1. The first-order valence-electron chi connectivity index (χ1n) is 7.24. The van der Waals surface area contributed by atoms with E-state index in [9.17, 15) is 0 Å². The Morgan fingerprint density at radius 2 is 1.78 bits per heavy atom. The van der Waals surface area contributed by atoms with Crippen LogP contribution in [0, 0.1) is 0 Å². The third-order valence-electron chi connectivity index (χ3n) is 5.22. The molecule has 0 bridgehead atoms. The first kappa shape index (κ1) is 10.8. The highest BCUT2D eigenvalue weighted by Gasteiger charge is 2.64. The fourth-order valence-electron chi connectivity index (χ4n) is 3.61. The summed E-state index contributed by atoms with van der Waals surface area (Å²) in [5, 5.41) is 0. The van der Waals surface area contributed by atoms with Crippen LogP contribution in [0.4, 0.5) is 5.82 Å². The third kappa shape index (κ3) is 1.43. The summed E-state index contributed by atoms with van der Waals surface area (Å²) in [4.78, 5) is 7.07. The fraction of sp³-hybridized carbons (Fsp3) is 0.667. The van der Waals surface area contributed by atoms with E-state index >= 15 is 0 Å². The molecule has 4 rings (SSSR count). The second-order valence-corrected chi connectivity index (χ2v) is 6.34. The Bertz CT molecular complexity index is 451. The van der Waals surface area contributed by atoms with Crippen LogP contribution in [0.5, 0.6) is 0 Å². The van der Waals surface area contributed by atoms with Crippen LogP contribution < -0.4 is 10.6 Å². The molecule has 2 saturated carbocycles. The van der Waals surface area contributed by atoms with Gasteiger partial charge in [-0.25, -0.2) is 4.98 Å². The predicted octanol–water partition coefficient (Wildman–Crippen LogP) is 2.20. The Hall–Kier alpha value is -1.09. The van der Waals surface area contributed by atoms with Gasteiger partial charge in [-0.2, -0.15) is 0 Å². The molecule has 2 N–H and O–H groups in total. The lowest BCUT2D eigenvalue weighted by Crippen LogP contribution is -2.37. The van der Waals surface area contributed by atoms with E-state index in [4.69, 9.17) is 5.73 Å². The number of pyridine rings is 1. The summed E-state index contributed by atoms with van der Waals surface area (Å²) in [6, 6.07) is 4.48. The van der Waals surface area contributed by atoms with Gasteiger partial charge in [-0.3, -0.25) is 0 Å². The highest BCUT2D eigenvalue weighted by Crippen LogP contribution is 2.63. The minimum absolute atomic E-state index is 0.101. The molecule has 3 nitrogen and oxygen atoms in total. The zero-order valence-electron chi connectivity index (χ0n) is 10.9. The molecule has 0 spiro atoms. The first-order chi connectivity index (χ1) is 8.74. The molecule has 0 unspecified atom stereocenters. The van der Waals surface area contributed by atoms with Crippen LogP contribution in [0.1, 0.15) is 44.1 Å². The van der Waals surface area contributed by atoms with Gasteiger partial charge in [-0.1, -0.05) is 6.07 Å². The Morgan fingerprint density at radius 1 is 1.06 bits per heavy atom. The SMILES string of the molecule is NC1(C2(c3ccc(N4CCCC4)nc3)CC2)CC1. The minimum Gasteiger partial charge on any atom is -0.357 e. The average molecular weight is 243 g/mol. The summed E-state index contributed by atoms with van der Waals surface area (Å²) in [6.07, 6.45) is 9.61. The van der Waals surface area contributed by atoms with Crippen LogP contribution in [0.15, 0.2) is 18.3 Å². The number of hydrogen-bond donors (Lipinski definition) is 1. The van der Waals surface area contributed by atoms with Gasteiger partial charge >= 0.3 is 0 Å². The Labute approximate surface area is 108 Å². The smallest absolute Gasteiger partial charge is 0.128 e. The van der Waals surface area contributed by atoms with E-state index in [2.05, 4.69) is 28.2 Å². The van der Waals surface area contributed by atoms with Crippen LogP contribution >= 0.6 is 0 Å². The number of hydrogen-bond acceptors (Lipinski definition) is 3. The van der Waals surface area contributed by atoms with Gasteiger partial charge in [0.15, 0.2) is 0 Å². The summed E-state index contributed by atoms with van der Waals surface area (Å²) in [6.45, 7) is 2.33. The maximum absolute atomic E-state index is 6.44. The van der Waals surface area contributed by atoms with Crippen molar-refractivity contribution in [1.29, 1.82) is 0 Å². The molecule has 1 saturated heterocycles. The number of aromatic nitrogens is 1. The Morgan fingerprint density at radius 3 is 2.28 bits per heavy atom. The van der Waals surface area contributed by atoms with Crippen LogP contribution in [0.3, 0.4) is 0 Å². The highest BCUT2D eigenvalue weighted by molar-refractivity contribution is 5.45. The minimum atomic E-state index is 0.101. The van der Waals surface area contributed by atoms with Crippen molar-refractivity contribution >= 4 is 5.82 Å². The molecule has 1 aliphatic heterocycles. The summed E-state index contributed by atoms with van der Waals surface area (Å²) in [7, 11) is 0. The number of nitrogens with two attached hydrogens (primary N) is 1. The maximum Gasteiger partial charge on any atom is 0.128 e. The molecule has 96 valence electrons. The average Bonchev–Trinajstić information content (AvgIpc) is 3.30. The zero-order chi connectivity index (χ0) is 12.2. The van der Waals surface area contributed by atoms with Crippen molar-refractivity contribution in [3.8, 4) is 0 Å². The maximum atomic E-state index is 6.44. The van der Waals surface area contributed by atoms with Crippen molar-refractivity contribution in [2.24, 2.45) is 5.73 Å². The lowest BCUT2D eigenvalue weighted by atomic mass is 9.87. The van der Waals surface area contributed by atoms with E-state index in [0.717, 1.165) is 18.9 Å². The second-order valence-electron chi connectivity index (χ2n) is 6.34. The molecule has 3 heteroatoms. The van der Waals surface area contributed by atoms with Gasteiger partial charge in [0.1, 0.15) is 5.82 Å². The van der Waals surface area contributed by atoms with Gasteiger partial charge < -0.3 is 10.6 Å². The highest BCUT2D eigenvalue weighted by atomic mass is 15.2. The first-order valence-corrected chi connectivity index (χ1v) is 7.24. The van der Waals surface area contributed by atoms with Crippen LogP contribution in [-0.4, -0.2) is 23.6 Å². The van der Waals surface area contributed by atoms with Crippen molar-refractivity contribution in [3.63, 3.8) is 0 Å². The molecule has 18 heavy (non-hydrogen) atoms. The molecule has 2 heterocycles. The molecule has 0 amide bonds. The zero-order valence-corrected chi connectivity index (χ0v) is 10.9. The van der Waals surface area contributed by atoms with Crippen molar-refractivity contribution < 1.29 is 0 Å². The summed E-state index contributed by atoms with van der Waals surface area (Å²) >= 11 is 0. The predicted molar refractivity (Wildman–Crippen MR) is 72.7 cm³/mol. The van der Waals surface area contributed by atoms with Crippen molar-refractivity contribution in [3.05, 3.63) is 23.9 Å². The normalized spacial score (nSPS) is 27.3. The van der Waals surface area contributed by atoms with Gasteiger partial charge in [0.25, 0.3) is 0 Å². The molecule has 3 aliphatic rings. The third-order valence-corrected chi connectivity index (χ3v) is 5.22. The van der Waals surface area contributed by atoms with Crippen LogP contribution in [0.2, 0.25) is 0 Å². The van der Waals surface area contributed by atoms with Gasteiger partial charge in [-0.05, 0) is 50.2 Å². The van der Waals surface area contributed by atoms with Gasteiger partial charge in [0.05, 0.1) is 0 Å². The summed E-state index contributed by atoms with van der Waals surface area (Å²) < 4.78 is 0. The van der Waals surface area contributed by atoms with E-state index in [1.54, 1.807) is 0 Å². The Balaban J connectivity index is 1.60. The quantitative estimate of drug-likeness (QED) is 0.885. The summed E-state index contributed by atoms with van der Waals surface area (Å²) in [5.74, 6) is 1.15. The van der Waals surface area contributed by atoms with Gasteiger partial charge in [0, 0.05) is 30.2 Å². The monoisotopic (exact) mass is 243 g/mol. The van der Waals surface area contributed by atoms with Crippen molar-refractivity contribution in [2.45, 2.75) is 49.5 Å². The van der Waals surface area contributed by atoms with Crippen molar-refractivity contribution in [1.82, 2.24) is 4.98 Å². The second kappa shape index (κ2) is 3.47. The topological polar surface area (TPSA) is 42.1 Å². The van der Waals surface area contributed by atoms with E-state index in [0.29, 0.717) is 0 Å². The van der Waals surface area contributed by atoms with E-state index in [-0.39, 0.29) is 11.0 Å². The van der Waals surface area contributed by atoms with Gasteiger partial charge in [0.2, 0.25) is 0 Å². The Kier molecular flexibility index (Phi) is 2.08. The standard InChI is InChI=1S/C15H21N3/c16-15(7-8-15)14(5-6-14)12-3-4-13(17-11-12)18-9-1-2-10-18/h3-4,11H,1-2,5-10,16H2. The summed E-state index contributed by atoms with van der Waals surface area (Å²) in [5.41, 5.74) is 8.20. The van der Waals surface area contributed by atoms with Crippen LogP contribution in [0.25, 0.3) is 0 Å². The van der Waals surface area contributed by atoms with Crippen LogP contribution in [-0.2, 0) is 5.41 Å². The fourth-order valence-corrected chi connectivity index (χ4v) is 3.61. The largest absolute Gasteiger partial charge is 0.357 e. The molecular formula is C15H21N3. The molecule has 2 aliphatic carbocycles. The van der Waals surface area contributed by atoms with Gasteiger partial charge in [-0.15, -0.1) is 0 Å². The van der Waals surface area contributed by atoms with E-state index in [1.165, 1.54) is 44.1 Å². The van der Waals surface area contributed by atoms with E-state index < -0.39 is 0 Å². The molecule has 1 aromatic heterocycles. The number of nitrogens with zero attached hydrogens (tertiary/aromatic N) is 2. The molecule has 0 aromatic carbocycles. The molecule has 0 atom stereocenters. The number of rotatable bonds is 3. The molecule has 0 radical (unpaired) electrons.